The van der Waals surface area contributed by atoms with Gasteiger partial charge in [-0.3, -0.25) is 4.18 Å². The van der Waals surface area contributed by atoms with Crippen molar-refractivity contribution in [1.29, 1.82) is 0 Å². The summed E-state index contributed by atoms with van der Waals surface area (Å²) in [6.45, 7) is 1.88. The summed E-state index contributed by atoms with van der Waals surface area (Å²) in [5, 5.41) is 11.1. The van der Waals surface area contributed by atoms with E-state index in [0.29, 0.717) is 22.9 Å². The van der Waals surface area contributed by atoms with Crippen LogP contribution >= 0.6 is 11.6 Å². The third-order valence-electron chi connectivity index (χ3n) is 5.79. The zero-order chi connectivity index (χ0) is 23.4. The van der Waals surface area contributed by atoms with Crippen LogP contribution < -0.4 is 4.74 Å². The molecule has 0 heterocycles. The molecule has 0 aliphatic heterocycles. The first-order chi connectivity index (χ1) is 15.8. The lowest BCUT2D eigenvalue weighted by Crippen LogP contribution is -2.22. The number of ether oxygens (including phenoxy) is 1. The number of aliphatic hydroxyl groups excluding tert-OH is 1. The fourth-order valence-corrected chi connectivity index (χ4v) is 5.28. The zero-order valence-corrected chi connectivity index (χ0v) is 20.0. The third kappa shape index (κ3) is 5.76. The zero-order valence-electron chi connectivity index (χ0n) is 18.5. The summed E-state index contributed by atoms with van der Waals surface area (Å²) < 4.78 is 36.3. The molecule has 0 aromatic heterocycles. The number of aryl methyl sites for hydroxylation is 2. The minimum absolute atomic E-state index is 0.0581. The molecule has 0 spiro atoms. The molecule has 1 atom stereocenters. The van der Waals surface area contributed by atoms with E-state index in [0.717, 1.165) is 36.0 Å². The monoisotopic (exact) mass is 486 g/mol. The molecule has 33 heavy (non-hydrogen) atoms. The van der Waals surface area contributed by atoms with E-state index >= 15 is 0 Å². The molecule has 0 fully saturated rings. The first kappa shape index (κ1) is 23.8. The van der Waals surface area contributed by atoms with Crippen LogP contribution in [-0.4, -0.2) is 26.2 Å². The maximum absolute atomic E-state index is 12.5. The van der Waals surface area contributed by atoms with Crippen LogP contribution in [0, 0.1) is 6.92 Å². The van der Waals surface area contributed by atoms with Gasteiger partial charge in [-0.25, -0.2) is 0 Å². The number of benzene rings is 3. The Kier molecular flexibility index (Phi) is 7.39. The SMILES string of the molecule is Cc1ccc(S(=O)(=O)OCC(O)Cc2c(Cl)cc3c(c2OCc2ccccc2)CCC3)cc1. The van der Waals surface area contributed by atoms with Crippen LogP contribution in [0.4, 0.5) is 0 Å². The quantitative estimate of drug-likeness (QED) is 0.430. The van der Waals surface area contributed by atoms with E-state index in [2.05, 4.69) is 0 Å². The summed E-state index contributed by atoms with van der Waals surface area (Å²) in [5.41, 5.74) is 4.94. The van der Waals surface area contributed by atoms with Crippen molar-refractivity contribution < 1.29 is 22.4 Å². The molecule has 1 aliphatic rings. The molecule has 174 valence electrons. The molecule has 0 saturated heterocycles. The van der Waals surface area contributed by atoms with E-state index < -0.39 is 16.2 Å². The molecular formula is C26H27ClO5S. The van der Waals surface area contributed by atoms with E-state index in [-0.39, 0.29) is 17.9 Å². The van der Waals surface area contributed by atoms with E-state index in [1.807, 2.05) is 43.3 Å². The Morgan fingerprint density at radius 2 is 1.79 bits per heavy atom. The van der Waals surface area contributed by atoms with Gasteiger partial charge in [0.1, 0.15) is 12.4 Å². The predicted octanol–water partition coefficient (Wildman–Crippen LogP) is 5.03. The van der Waals surface area contributed by atoms with Crippen molar-refractivity contribution in [1.82, 2.24) is 0 Å². The van der Waals surface area contributed by atoms with Crippen LogP contribution in [0.1, 0.15) is 34.2 Å². The lowest BCUT2D eigenvalue weighted by atomic mass is 10.00. The second-order valence-electron chi connectivity index (χ2n) is 8.34. The van der Waals surface area contributed by atoms with Gasteiger partial charge in [-0.15, -0.1) is 0 Å². The topological polar surface area (TPSA) is 72.8 Å². The van der Waals surface area contributed by atoms with E-state index in [1.165, 1.54) is 17.7 Å². The highest BCUT2D eigenvalue weighted by Crippen LogP contribution is 2.39. The normalized spacial score (nSPS) is 14.2. The standard InChI is InChI=1S/C26H27ClO5S/c1-18-10-12-22(13-11-18)33(29,30)32-17-21(28)15-24-25(27)14-20-8-5-9-23(20)26(24)31-16-19-6-3-2-4-7-19/h2-4,6-7,10-14,21,28H,5,8-9,15-17H2,1H3. The Labute approximate surface area is 200 Å². The Balaban J connectivity index is 1.50. The molecule has 3 aromatic carbocycles. The first-order valence-electron chi connectivity index (χ1n) is 11.0. The third-order valence-corrected chi connectivity index (χ3v) is 7.42. The van der Waals surface area contributed by atoms with Gasteiger partial charge in [0.25, 0.3) is 10.1 Å². The van der Waals surface area contributed by atoms with Gasteiger partial charge in [-0.1, -0.05) is 59.6 Å². The number of halogens is 1. The summed E-state index contributed by atoms with van der Waals surface area (Å²) in [5.74, 6) is 0.694. The van der Waals surface area contributed by atoms with Crippen molar-refractivity contribution in [3.05, 3.63) is 93.5 Å². The van der Waals surface area contributed by atoms with Gasteiger partial charge in [0.05, 0.1) is 17.6 Å². The van der Waals surface area contributed by atoms with Gasteiger partial charge in [0, 0.05) is 17.0 Å². The minimum Gasteiger partial charge on any atom is -0.488 e. The van der Waals surface area contributed by atoms with E-state index in [1.54, 1.807) is 12.1 Å². The van der Waals surface area contributed by atoms with Gasteiger partial charge >= 0.3 is 0 Å². The Morgan fingerprint density at radius 1 is 1.06 bits per heavy atom. The van der Waals surface area contributed by atoms with Crippen LogP contribution in [0.2, 0.25) is 5.02 Å². The van der Waals surface area contributed by atoms with Crippen LogP contribution in [0.3, 0.4) is 0 Å². The molecule has 3 aromatic rings. The average Bonchev–Trinajstić information content (AvgIpc) is 3.26. The van der Waals surface area contributed by atoms with Crippen molar-refractivity contribution in [2.45, 2.75) is 50.2 Å². The molecule has 0 radical (unpaired) electrons. The molecule has 4 rings (SSSR count). The van der Waals surface area contributed by atoms with E-state index in [9.17, 15) is 13.5 Å². The van der Waals surface area contributed by atoms with Crippen molar-refractivity contribution in [2.24, 2.45) is 0 Å². The average molecular weight is 487 g/mol. The number of hydrogen-bond donors (Lipinski definition) is 1. The molecule has 0 saturated carbocycles. The van der Waals surface area contributed by atoms with Gasteiger partial charge < -0.3 is 9.84 Å². The fourth-order valence-electron chi connectivity index (χ4n) is 4.05. The summed E-state index contributed by atoms with van der Waals surface area (Å²) >= 11 is 6.59. The van der Waals surface area contributed by atoms with Gasteiger partial charge in [0.15, 0.2) is 0 Å². The Bertz CT molecular complexity index is 1210. The molecule has 1 N–H and O–H groups in total. The number of aliphatic hydroxyl groups is 1. The van der Waals surface area contributed by atoms with Gasteiger partial charge in [0.2, 0.25) is 0 Å². The lowest BCUT2D eigenvalue weighted by Gasteiger charge is -2.20. The predicted molar refractivity (Wildman–Crippen MR) is 128 cm³/mol. The molecular weight excluding hydrogens is 460 g/mol. The Hall–Kier alpha value is -2.38. The molecule has 1 unspecified atom stereocenters. The van der Waals surface area contributed by atoms with Crippen LogP contribution in [-0.2, 0) is 40.2 Å². The smallest absolute Gasteiger partial charge is 0.297 e. The second-order valence-corrected chi connectivity index (χ2v) is 10.4. The summed E-state index contributed by atoms with van der Waals surface area (Å²) in [6, 6.07) is 18.2. The fraction of sp³-hybridized carbons (Fsp3) is 0.308. The van der Waals surface area contributed by atoms with Gasteiger partial charge in [-0.05, 0) is 61.1 Å². The van der Waals surface area contributed by atoms with E-state index in [4.69, 9.17) is 20.5 Å². The molecule has 0 amide bonds. The Morgan fingerprint density at radius 3 is 2.52 bits per heavy atom. The second kappa shape index (κ2) is 10.3. The molecule has 0 bridgehead atoms. The highest BCUT2D eigenvalue weighted by atomic mass is 35.5. The maximum Gasteiger partial charge on any atom is 0.297 e. The summed E-state index contributed by atoms with van der Waals surface area (Å²) in [4.78, 5) is 0.0581. The number of hydrogen-bond acceptors (Lipinski definition) is 5. The minimum atomic E-state index is -3.96. The van der Waals surface area contributed by atoms with Crippen LogP contribution in [0.25, 0.3) is 0 Å². The largest absolute Gasteiger partial charge is 0.488 e. The van der Waals surface area contributed by atoms with Crippen LogP contribution in [0.5, 0.6) is 5.75 Å². The van der Waals surface area contributed by atoms with Crippen LogP contribution in [0.15, 0.2) is 65.6 Å². The number of fused-ring (bicyclic) bond motifs is 1. The number of rotatable bonds is 9. The van der Waals surface area contributed by atoms with Crippen molar-refractivity contribution in [3.8, 4) is 5.75 Å². The molecule has 7 heteroatoms. The van der Waals surface area contributed by atoms with Crippen molar-refractivity contribution in [3.63, 3.8) is 0 Å². The summed E-state index contributed by atoms with van der Waals surface area (Å²) in [6.07, 6.45) is 1.91. The highest BCUT2D eigenvalue weighted by molar-refractivity contribution is 7.86. The highest BCUT2D eigenvalue weighted by Gasteiger charge is 2.25. The van der Waals surface area contributed by atoms with Gasteiger partial charge in [-0.2, -0.15) is 8.42 Å². The maximum atomic E-state index is 12.5. The lowest BCUT2D eigenvalue weighted by molar-refractivity contribution is 0.110. The molecule has 1 aliphatic carbocycles. The molecule has 5 nitrogen and oxygen atoms in total. The summed E-state index contributed by atoms with van der Waals surface area (Å²) in [7, 11) is -3.96. The first-order valence-corrected chi connectivity index (χ1v) is 12.8. The van der Waals surface area contributed by atoms with Crippen molar-refractivity contribution >= 4 is 21.7 Å². The van der Waals surface area contributed by atoms with Crippen molar-refractivity contribution in [2.75, 3.05) is 6.61 Å².